The molecule has 0 aromatic carbocycles. The molecule has 1 unspecified atom stereocenters. The lowest BCUT2D eigenvalue weighted by Gasteiger charge is -2.12. The Morgan fingerprint density at radius 1 is 1.28 bits per heavy atom. The second-order valence-corrected chi connectivity index (χ2v) is 5.49. The summed E-state index contributed by atoms with van der Waals surface area (Å²) in [6, 6.07) is 1.96. The average Bonchev–Trinajstić information content (AvgIpc) is 2.99. The van der Waals surface area contributed by atoms with E-state index in [1.807, 2.05) is 13.0 Å². The predicted molar refractivity (Wildman–Crippen MR) is 104 cm³/mol. The molecule has 25 heavy (non-hydrogen) atoms. The van der Waals surface area contributed by atoms with E-state index in [0.717, 1.165) is 24.1 Å². The monoisotopic (exact) mass is 353 g/mol. The summed E-state index contributed by atoms with van der Waals surface area (Å²) in [4.78, 5) is 21.3. The van der Waals surface area contributed by atoms with Crippen molar-refractivity contribution >= 4 is 12.4 Å². The molecule has 1 aromatic rings. The van der Waals surface area contributed by atoms with Gasteiger partial charge in [0.1, 0.15) is 0 Å². The maximum absolute atomic E-state index is 10.8. The summed E-state index contributed by atoms with van der Waals surface area (Å²) < 4.78 is 6.81. The Labute approximate surface area is 152 Å². The Hall–Kier alpha value is -1.88. The van der Waals surface area contributed by atoms with Crippen LogP contribution in [0, 0.1) is 0 Å². The van der Waals surface area contributed by atoms with Crippen LogP contribution in [0.15, 0.2) is 24.4 Å². The van der Waals surface area contributed by atoms with E-state index in [2.05, 4.69) is 26.0 Å². The van der Waals surface area contributed by atoms with E-state index < -0.39 is 5.97 Å². The van der Waals surface area contributed by atoms with E-state index in [0.29, 0.717) is 12.8 Å². The molecule has 0 aliphatic carbocycles. The number of ether oxygens (including phenoxy) is 1. The Morgan fingerprint density at radius 3 is 2.24 bits per heavy atom. The van der Waals surface area contributed by atoms with Crippen LogP contribution in [0.3, 0.4) is 0 Å². The van der Waals surface area contributed by atoms with Crippen molar-refractivity contribution in [3.05, 3.63) is 35.7 Å². The van der Waals surface area contributed by atoms with Crippen LogP contribution in [0.25, 0.3) is 0 Å². The first kappa shape index (κ1) is 25.4. The summed E-state index contributed by atoms with van der Waals surface area (Å²) >= 11 is 0. The number of hydrogen-bond acceptors (Lipinski definition) is 3. The van der Waals surface area contributed by atoms with Gasteiger partial charge in [0.15, 0.2) is 0 Å². The number of aromatic nitrogens is 1. The van der Waals surface area contributed by atoms with Crippen LogP contribution in [0.2, 0.25) is 0 Å². The number of methoxy groups -OCH3 is 1. The topological polar surface area (TPSA) is 68.5 Å². The maximum atomic E-state index is 10.8. The van der Waals surface area contributed by atoms with Gasteiger partial charge in [-0.25, -0.2) is 0 Å². The zero-order valence-electron chi connectivity index (χ0n) is 15.3. The fourth-order valence-electron chi connectivity index (χ4n) is 2.27. The van der Waals surface area contributed by atoms with Crippen molar-refractivity contribution in [2.75, 3.05) is 7.11 Å². The van der Waals surface area contributed by atoms with Gasteiger partial charge in [0.25, 0.3) is 0 Å². The van der Waals surface area contributed by atoms with Crippen molar-refractivity contribution in [1.82, 2.24) is 4.57 Å². The van der Waals surface area contributed by atoms with Crippen molar-refractivity contribution < 1.29 is 19.4 Å². The second-order valence-electron chi connectivity index (χ2n) is 5.49. The molecule has 0 aliphatic rings. The summed E-state index contributed by atoms with van der Waals surface area (Å²) in [5.41, 5.74) is 1.95. The molecule has 0 saturated carbocycles. The lowest BCUT2D eigenvalue weighted by molar-refractivity contribution is -0.137. The van der Waals surface area contributed by atoms with Crippen LogP contribution in [0.1, 0.15) is 65.1 Å². The first-order valence-corrected chi connectivity index (χ1v) is 8.56. The lowest BCUT2D eigenvalue weighted by atomic mass is 10.1. The van der Waals surface area contributed by atoms with Gasteiger partial charge in [0, 0.05) is 31.8 Å². The summed E-state index contributed by atoms with van der Waals surface area (Å²) in [6.45, 7) is 6.27. The zero-order chi connectivity index (χ0) is 18.4. The first-order valence-electron chi connectivity index (χ1n) is 8.56. The fourth-order valence-corrected chi connectivity index (χ4v) is 2.27. The molecule has 1 N–H and O–H groups in total. The normalized spacial score (nSPS) is 11.4. The van der Waals surface area contributed by atoms with Gasteiger partial charge in [0.2, 0.25) is 6.41 Å². The highest BCUT2D eigenvalue weighted by molar-refractivity contribution is 5.66. The zero-order valence-corrected chi connectivity index (χ0v) is 15.3. The summed E-state index contributed by atoms with van der Waals surface area (Å²) in [5, 5.41) is 8.64. The Balaban J connectivity index is 0. The number of aryl methyl sites for hydroxylation is 1. The number of carboxylic acid groups (broad SMARTS) is 1. The van der Waals surface area contributed by atoms with Gasteiger partial charge >= 0.3 is 5.97 Å². The number of nitrogens with zero attached hydrogens (tertiary/aromatic N) is 1. The number of carbonyl (C=O) groups excluding carboxylic acids is 1. The number of carbonyl (C=O) groups is 2. The van der Waals surface area contributed by atoms with E-state index in [1.165, 1.54) is 12.8 Å². The molecule has 144 valence electrons. The van der Waals surface area contributed by atoms with Crippen LogP contribution in [-0.4, -0.2) is 35.3 Å². The van der Waals surface area contributed by atoms with Gasteiger partial charge in [-0.2, -0.15) is 0 Å². The minimum absolute atomic E-state index is 0. The lowest BCUT2D eigenvalue weighted by Crippen LogP contribution is -2.15. The number of allylic oxidation sites excluding steroid dienone is 2. The molecular weight excluding hydrogens is 318 g/mol. The minimum Gasteiger partial charge on any atom is -0.481 e. The Morgan fingerprint density at radius 2 is 1.88 bits per heavy atom. The van der Waals surface area contributed by atoms with E-state index in [-0.39, 0.29) is 20.0 Å². The molecule has 5 nitrogen and oxygen atoms in total. The largest absolute Gasteiger partial charge is 0.481 e. The average molecular weight is 354 g/mol. The SMILES string of the molecule is C.CC/C=C\CC.CCc1cc(CC(CCC(=O)O)OC)cn1C=O. The molecule has 0 fully saturated rings. The van der Waals surface area contributed by atoms with Crippen LogP contribution >= 0.6 is 0 Å². The molecule has 1 rings (SSSR count). The molecule has 1 aromatic heterocycles. The van der Waals surface area contributed by atoms with Crippen molar-refractivity contribution in [2.45, 2.75) is 72.8 Å². The summed E-state index contributed by atoms with van der Waals surface area (Å²) in [7, 11) is 1.57. The van der Waals surface area contributed by atoms with Gasteiger partial charge in [-0.05, 0) is 37.3 Å². The smallest absolute Gasteiger partial charge is 0.303 e. The third-order valence-electron chi connectivity index (χ3n) is 3.58. The highest BCUT2D eigenvalue weighted by Gasteiger charge is 2.13. The van der Waals surface area contributed by atoms with Crippen molar-refractivity contribution in [1.29, 1.82) is 0 Å². The quantitative estimate of drug-likeness (QED) is 0.496. The molecule has 0 aliphatic heterocycles. The number of rotatable bonds is 10. The highest BCUT2D eigenvalue weighted by Crippen LogP contribution is 2.14. The van der Waals surface area contributed by atoms with Crippen molar-refractivity contribution in [3.8, 4) is 0 Å². The molecule has 0 spiro atoms. The summed E-state index contributed by atoms with van der Waals surface area (Å²) in [6.07, 6.45) is 11.1. The third kappa shape index (κ3) is 11.3. The van der Waals surface area contributed by atoms with Crippen LogP contribution in [0.5, 0.6) is 0 Å². The molecular formula is C20H35NO4. The molecule has 0 amide bonds. The fraction of sp³-hybridized carbons (Fsp3) is 0.600. The number of carboxylic acids is 1. The molecule has 0 radical (unpaired) electrons. The second kappa shape index (κ2) is 15.6. The standard InChI is InChI=1S/C13H19NO4.C6H12.CH4/c1-3-11-6-10(8-14(11)9-15)7-12(18-2)4-5-13(16)17;1-3-5-6-4-2;/h6,8-9,12H,3-5,7H2,1-2H3,(H,16,17);5-6H,3-4H2,1-2H3;1H4/b;6-5-;. The first-order chi connectivity index (χ1) is 11.5. The Bertz CT molecular complexity index is 500. The van der Waals surface area contributed by atoms with Gasteiger partial charge in [-0.1, -0.05) is 40.3 Å². The van der Waals surface area contributed by atoms with Crippen molar-refractivity contribution in [3.63, 3.8) is 0 Å². The van der Waals surface area contributed by atoms with Crippen molar-refractivity contribution in [2.24, 2.45) is 0 Å². The van der Waals surface area contributed by atoms with Crippen LogP contribution in [0.4, 0.5) is 0 Å². The predicted octanol–water partition coefficient (Wildman–Crippen LogP) is 4.51. The van der Waals surface area contributed by atoms with E-state index in [4.69, 9.17) is 9.84 Å². The van der Waals surface area contributed by atoms with Gasteiger partial charge in [-0.3, -0.25) is 14.2 Å². The minimum atomic E-state index is -0.822. The number of hydrogen-bond donors (Lipinski definition) is 1. The molecule has 1 atom stereocenters. The van der Waals surface area contributed by atoms with Gasteiger partial charge in [0.05, 0.1) is 6.10 Å². The molecule has 0 saturated heterocycles. The van der Waals surface area contributed by atoms with Gasteiger partial charge < -0.3 is 9.84 Å². The number of aliphatic carboxylic acids is 1. The third-order valence-corrected chi connectivity index (χ3v) is 3.58. The van der Waals surface area contributed by atoms with E-state index in [9.17, 15) is 9.59 Å². The molecule has 5 heteroatoms. The highest BCUT2D eigenvalue weighted by atomic mass is 16.5. The summed E-state index contributed by atoms with van der Waals surface area (Å²) in [5.74, 6) is -0.822. The molecule has 0 bridgehead atoms. The van der Waals surface area contributed by atoms with Gasteiger partial charge in [-0.15, -0.1) is 0 Å². The van der Waals surface area contributed by atoms with E-state index >= 15 is 0 Å². The molecule has 1 heterocycles. The van der Waals surface area contributed by atoms with Crippen LogP contribution < -0.4 is 0 Å². The Kier molecular flexibility index (Phi) is 15.9. The maximum Gasteiger partial charge on any atom is 0.303 e. The van der Waals surface area contributed by atoms with Crippen LogP contribution in [-0.2, 0) is 27.2 Å². The van der Waals surface area contributed by atoms with E-state index in [1.54, 1.807) is 17.9 Å².